The Kier molecular flexibility index (Phi) is 4.39. The van der Waals surface area contributed by atoms with Crippen molar-refractivity contribution in [3.05, 3.63) is 35.3 Å². The van der Waals surface area contributed by atoms with Gasteiger partial charge in [-0.05, 0) is 38.8 Å². The van der Waals surface area contributed by atoms with Crippen LogP contribution in [0.4, 0.5) is 0 Å². The molecule has 5 nitrogen and oxygen atoms in total. The lowest BCUT2D eigenvalue weighted by Crippen LogP contribution is -2.21. The molecule has 2 heterocycles. The zero-order valence-corrected chi connectivity index (χ0v) is 12.6. The Hall–Kier alpha value is -1.88. The van der Waals surface area contributed by atoms with Gasteiger partial charge in [-0.15, -0.1) is 0 Å². The number of nitrogens with two attached hydrogens (primary N) is 1. The third-order valence-corrected chi connectivity index (χ3v) is 3.44. The van der Waals surface area contributed by atoms with Gasteiger partial charge in [0, 0.05) is 24.8 Å². The molecule has 0 spiro atoms. The summed E-state index contributed by atoms with van der Waals surface area (Å²) in [6.07, 6.45) is 3.45. The normalized spacial score (nSPS) is 12.4. The molecule has 5 heteroatoms. The van der Waals surface area contributed by atoms with Crippen molar-refractivity contribution in [3.8, 4) is 11.6 Å². The van der Waals surface area contributed by atoms with Gasteiger partial charge in [-0.1, -0.05) is 6.92 Å². The molecule has 0 aliphatic rings. The molecule has 2 aromatic heterocycles. The largest absolute Gasteiger partial charge is 0.437 e. The van der Waals surface area contributed by atoms with Gasteiger partial charge in [0.25, 0.3) is 0 Å². The summed E-state index contributed by atoms with van der Waals surface area (Å²) >= 11 is 0. The summed E-state index contributed by atoms with van der Waals surface area (Å²) in [5.41, 5.74) is 8.97. The summed E-state index contributed by atoms with van der Waals surface area (Å²) < 4.78 is 7.78. The first-order valence-electron chi connectivity index (χ1n) is 6.90. The summed E-state index contributed by atoms with van der Waals surface area (Å²) in [5, 5.41) is 4.44. The van der Waals surface area contributed by atoms with Gasteiger partial charge in [0.1, 0.15) is 0 Å². The van der Waals surface area contributed by atoms with Gasteiger partial charge < -0.3 is 10.5 Å². The van der Waals surface area contributed by atoms with E-state index in [1.165, 1.54) is 0 Å². The molecule has 0 radical (unpaired) electrons. The van der Waals surface area contributed by atoms with Crippen LogP contribution in [0.5, 0.6) is 11.6 Å². The Labute approximate surface area is 119 Å². The number of aryl methyl sites for hydroxylation is 3. The number of nitrogens with zero attached hydrogens (tertiary/aromatic N) is 3. The van der Waals surface area contributed by atoms with E-state index in [-0.39, 0.29) is 6.04 Å². The highest BCUT2D eigenvalue weighted by atomic mass is 16.5. The molecular formula is C15H22N4O. The van der Waals surface area contributed by atoms with E-state index in [4.69, 9.17) is 10.5 Å². The van der Waals surface area contributed by atoms with E-state index < -0.39 is 0 Å². The van der Waals surface area contributed by atoms with Crippen molar-refractivity contribution < 1.29 is 4.74 Å². The average Bonchev–Trinajstić information content (AvgIpc) is 2.68. The third-order valence-electron chi connectivity index (χ3n) is 3.44. The average molecular weight is 274 g/mol. The van der Waals surface area contributed by atoms with Crippen molar-refractivity contribution in [2.45, 2.75) is 39.7 Å². The van der Waals surface area contributed by atoms with Crippen LogP contribution < -0.4 is 10.5 Å². The number of pyridine rings is 1. The van der Waals surface area contributed by atoms with Crippen molar-refractivity contribution >= 4 is 0 Å². The fourth-order valence-corrected chi connectivity index (χ4v) is 2.13. The van der Waals surface area contributed by atoms with Crippen LogP contribution in [0, 0.1) is 13.8 Å². The zero-order valence-electron chi connectivity index (χ0n) is 12.6. The number of ether oxygens (including phenoxy) is 1. The molecule has 0 bridgehead atoms. The summed E-state index contributed by atoms with van der Waals surface area (Å²) in [4.78, 5) is 4.24. The molecule has 20 heavy (non-hydrogen) atoms. The summed E-state index contributed by atoms with van der Waals surface area (Å²) in [6, 6.07) is 3.90. The molecule has 2 rings (SSSR count). The Bertz CT molecular complexity index is 592. The number of rotatable bonds is 5. The Balaban J connectivity index is 2.34. The standard InChI is InChI=1S/C15H22N4O/c1-5-12(16)9-13-10(2)18-19(4)15(13)20-14-7-6-8-17-11(14)3/h6-8,12H,5,9,16H2,1-4H3. The molecule has 0 amide bonds. The van der Waals surface area contributed by atoms with Crippen LogP contribution in [-0.4, -0.2) is 20.8 Å². The summed E-state index contributed by atoms with van der Waals surface area (Å²) in [7, 11) is 1.88. The fourth-order valence-electron chi connectivity index (χ4n) is 2.13. The van der Waals surface area contributed by atoms with Gasteiger partial charge in [0.05, 0.1) is 11.4 Å². The molecule has 0 saturated carbocycles. The lowest BCUT2D eigenvalue weighted by molar-refractivity contribution is 0.419. The number of hydrogen-bond acceptors (Lipinski definition) is 4. The monoisotopic (exact) mass is 274 g/mol. The topological polar surface area (TPSA) is 66.0 Å². The van der Waals surface area contributed by atoms with Gasteiger partial charge in [0.15, 0.2) is 5.75 Å². The van der Waals surface area contributed by atoms with Gasteiger partial charge in [-0.3, -0.25) is 4.98 Å². The van der Waals surface area contributed by atoms with Gasteiger partial charge in [-0.2, -0.15) is 5.10 Å². The lowest BCUT2D eigenvalue weighted by atomic mass is 10.1. The molecule has 108 valence electrons. The summed E-state index contributed by atoms with van der Waals surface area (Å²) in [5.74, 6) is 1.50. The number of aromatic nitrogens is 3. The van der Waals surface area contributed by atoms with Crippen LogP contribution in [0.2, 0.25) is 0 Å². The minimum absolute atomic E-state index is 0.121. The number of hydrogen-bond donors (Lipinski definition) is 1. The van der Waals surface area contributed by atoms with E-state index in [2.05, 4.69) is 17.0 Å². The predicted octanol–water partition coefficient (Wildman–Crippen LogP) is 2.50. The molecule has 0 aliphatic carbocycles. The van der Waals surface area contributed by atoms with Gasteiger partial charge in [-0.25, -0.2) is 4.68 Å². The highest BCUT2D eigenvalue weighted by Crippen LogP contribution is 2.29. The van der Waals surface area contributed by atoms with E-state index in [9.17, 15) is 0 Å². The fraction of sp³-hybridized carbons (Fsp3) is 0.467. The van der Waals surface area contributed by atoms with Crippen LogP contribution in [0.3, 0.4) is 0 Å². The lowest BCUT2D eigenvalue weighted by Gasteiger charge is -2.12. The molecule has 1 atom stereocenters. The molecule has 0 aliphatic heterocycles. The molecule has 2 N–H and O–H groups in total. The van der Waals surface area contributed by atoms with E-state index in [0.717, 1.165) is 41.4 Å². The molecule has 0 fully saturated rings. The van der Waals surface area contributed by atoms with Crippen molar-refractivity contribution in [1.29, 1.82) is 0 Å². The van der Waals surface area contributed by atoms with Gasteiger partial charge in [0.2, 0.25) is 5.88 Å². The SMILES string of the molecule is CCC(N)Cc1c(C)nn(C)c1Oc1cccnc1C. The first-order chi connectivity index (χ1) is 9.52. The van der Waals surface area contributed by atoms with E-state index in [1.54, 1.807) is 10.9 Å². The molecule has 1 unspecified atom stereocenters. The van der Waals surface area contributed by atoms with Crippen LogP contribution in [0.15, 0.2) is 18.3 Å². The Morgan fingerprint density at radius 1 is 1.35 bits per heavy atom. The maximum absolute atomic E-state index is 6.07. The highest BCUT2D eigenvalue weighted by Gasteiger charge is 2.18. The van der Waals surface area contributed by atoms with Crippen LogP contribution in [0.1, 0.15) is 30.3 Å². The molecule has 2 aromatic rings. The summed E-state index contributed by atoms with van der Waals surface area (Å²) in [6.45, 7) is 6.00. The van der Waals surface area contributed by atoms with Crippen molar-refractivity contribution in [2.75, 3.05) is 0 Å². The predicted molar refractivity (Wildman–Crippen MR) is 79.0 cm³/mol. The Morgan fingerprint density at radius 3 is 2.75 bits per heavy atom. The molecular weight excluding hydrogens is 252 g/mol. The van der Waals surface area contributed by atoms with Crippen LogP contribution in [-0.2, 0) is 13.5 Å². The second-order valence-electron chi connectivity index (χ2n) is 5.05. The maximum Gasteiger partial charge on any atom is 0.221 e. The minimum Gasteiger partial charge on any atom is -0.437 e. The van der Waals surface area contributed by atoms with E-state index >= 15 is 0 Å². The highest BCUT2D eigenvalue weighted by molar-refractivity contribution is 5.37. The Morgan fingerprint density at radius 2 is 2.10 bits per heavy atom. The van der Waals surface area contributed by atoms with E-state index in [0.29, 0.717) is 0 Å². The molecule has 0 saturated heterocycles. The van der Waals surface area contributed by atoms with Crippen molar-refractivity contribution in [3.63, 3.8) is 0 Å². The third kappa shape index (κ3) is 2.99. The van der Waals surface area contributed by atoms with Gasteiger partial charge >= 0.3 is 0 Å². The quantitative estimate of drug-likeness (QED) is 0.909. The first-order valence-corrected chi connectivity index (χ1v) is 6.90. The zero-order chi connectivity index (χ0) is 14.7. The molecule has 0 aromatic carbocycles. The smallest absolute Gasteiger partial charge is 0.221 e. The first kappa shape index (κ1) is 14.5. The second-order valence-corrected chi connectivity index (χ2v) is 5.05. The van der Waals surface area contributed by atoms with Crippen LogP contribution >= 0.6 is 0 Å². The second kappa shape index (κ2) is 6.05. The minimum atomic E-state index is 0.121. The van der Waals surface area contributed by atoms with Crippen molar-refractivity contribution in [2.24, 2.45) is 12.8 Å². The van der Waals surface area contributed by atoms with Crippen LogP contribution in [0.25, 0.3) is 0 Å². The van der Waals surface area contributed by atoms with E-state index in [1.807, 2.05) is 33.0 Å². The van der Waals surface area contributed by atoms with Crippen molar-refractivity contribution in [1.82, 2.24) is 14.8 Å². The maximum atomic E-state index is 6.07.